The van der Waals surface area contributed by atoms with Crippen molar-refractivity contribution in [2.75, 3.05) is 11.5 Å². The van der Waals surface area contributed by atoms with Gasteiger partial charge in [-0.25, -0.2) is 4.79 Å². The number of guanidine groups is 1. The number of carbonyl (C=O) groups is 4. The Kier molecular flexibility index (Phi) is 7.04. The first-order valence-corrected chi connectivity index (χ1v) is 11.3. The maximum Gasteiger partial charge on any atom is 0.353 e. The molecule has 1 aromatic carbocycles. The number of thioether (sulfide) groups is 2. The number of carboxylic acid groups (broad SMARTS) is 1. The second-order valence-corrected chi connectivity index (χ2v) is 9.28. The lowest BCUT2D eigenvalue weighted by atomic mass is 10.0. The number of rotatable bonds is 6. The van der Waals surface area contributed by atoms with Gasteiger partial charge in [0.2, 0.25) is 5.91 Å². The lowest BCUT2D eigenvalue weighted by Crippen LogP contribution is -2.71. The molecule has 1 saturated heterocycles. The van der Waals surface area contributed by atoms with Crippen molar-refractivity contribution in [2.45, 2.75) is 16.3 Å². The maximum atomic E-state index is 12.6. The van der Waals surface area contributed by atoms with Crippen LogP contribution in [-0.4, -0.2) is 62.6 Å². The van der Waals surface area contributed by atoms with Crippen LogP contribution in [0.4, 0.5) is 0 Å². The van der Waals surface area contributed by atoms with Crippen LogP contribution in [0.1, 0.15) is 0 Å². The molecule has 6 N–H and O–H groups in total. The van der Waals surface area contributed by atoms with Gasteiger partial charge in [0.1, 0.15) is 17.1 Å². The summed E-state index contributed by atoms with van der Waals surface area (Å²) in [5.74, 6) is -4.11. The zero-order valence-corrected chi connectivity index (χ0v) is 18.6. The van der Waals surface area contributed by atoms with Gasteiger partial charge in [-0.05, 0) is 18.2 Å². The number of carboxylic acids is 1. The molecule has 0 saturated carbocycles. The summed E-state index contributed by atoms with van der Waals surface area (Å²) in [6.45, 7) is 0. The average molecular weight is 504 g/mol. The molecule has 2 aliphatic rings. The molecule has 31 heavy (non-hydrogen) atoms. The average Bonchev–Trinajstić information content (AvgIpc) is 2.69. The van der Waals surface area contributed by atoms with E-state index in [1.165, 1.54) is 0 Å². The number of amides is 3. The zero-order valence-electron chi connectivity index (χ0n) is 15.5. The predicted molar refractivity (Wildman–Crippen MR) is 117 cm³/mol. The van der Waals surface area contributed by atoms with E-state index in [1.54, 1.807) is 18.2 Å². The third kappa shape index (κ3) is 4.92. The van der Waals surface area contributed by atoms with E-state index < -0.39 is 46.8 Å². The van der Waals surface area contributed by atoms with Gasteiger partial charge < -0.3 is 16.2 Å². The van der Waals surface area contributed by atoms with Crippen molar-refractivity contribution in [3.8, 4) is 0 Å². The first-order valence-electron chi connectivity index (χ1n) is 8.54. The summed E-state index contributed by atoms with van der Waals surface area (Å²) in [4.78, 5) is 50.3. The van der Waals surface area contributed by atoms with Crippen molar-refractivity contribution < 1.29 is 24.3 Å². The Labute approximate surface area is 194 Å². The van der Waals surface area contributed by atoms with Gasteiger partial charge in [0.15, 0.2) is 5.96 Å². The highest BCUT2D eigenvalue weighted by Crippen LogP contribution is 2.40. The molecule has 0 bridgehead atoms. The van der Waals surface area contributed by atoms with Crippen molar-refractivity contribution in [2.24, 2.45) is 5.73 Å². The Hall–Kier alpha value is -2.41. The summed E-state index contributed by atoms with van der Waals surface area (Å²) in [6.07, 6.45) is 0. The van der Waals surface area contributed by atoms with E-state index in [-0.39, 0.29) is 17.1 Å². The van der Waals surface area contributed by atoms with Crippen LogP contribution in [0, 0.1) is 5.41 Å². The number of hydrogen-bond donors (Lipinski definition) is 5. The van der Waals surface area contributed by atoms with E-state index in [0.717, 1.165) is 28.4 Å². The summed E-state index contributed by atoms with van der Waals surface area (Å²) < 4.78 is 0. The van der Waals surface area contributed by atoms with Gasteiger partial charge in [-0.15, -0.1) is 23.5 Å². The minimum absolute atomic E-state index is 0.0174. The van der Waals surface area contributed by atoms with Crippen molar-refractivity contribution in [3.05, 3.63) is 39.5 Å². The fourth-order valence-electron chi connectivity index (χ4n) is 2.94. The fourth-order valence-corrected chi connectivity index (χ4v) is 5.59. The molecule has 10 nitrogen and oxygen atoms in total. The van der Waals surface area contributed by atoms with E-state index in [9.17, 15) is 24.3 Å². The number of nitrogens with one attached hydrogen (secondary N) is 3. The Morgan fingerprint density at radius 1 is 1.35 bits per heavy atom. The number of fused-ring (bicyclic) bond motifs is 1. The predicted octanol–water partition coefficient (Wildman–Crippen LogP) is 0.834. The molecular weight excluding hydrogens is 489 g/mol. The normalized spacial score (nSPS) is 19.9. The number of halogens is 2. The SMILES string of the molecule is N=C(N)NC(=O)C1=C(C(=O)O)N2C(=O)C(NC(=O)CSc3ccc(Cl)cc3Cl)[C@@H]2SC1. The third-order valence-electron chi connectivity index (χ3n) is 4.26. The standard InChI is InChI=1S/C17H15Cl2N5O5S2/c18-6-1-2-9(8(19)3-6)30-5-10(25)22-11-14(27)24-12(16(28)29)7(4-31-15(11)24)13(26)23-17(20)21/h1-3,11,15H,4-5H2,(H,22,25)(H,28,29)(H4,20,21,23,26)/t11?,15-/m0/s1. The van der Waals surface area contributed by atoms with Crippen LogP contribution in [0.15, 0.2) is 34.4 Å². The number of nitrogens with two attached hydrogens (primary N) is 1. The lowest BCUT2D eigenvalue weighted by Gasteiger charge is -2.49. The van der Waals surface area contributed by atoms with Crippen molar-refractivity contribution in [1.82, 2.24) is 15.5 Å². The summed E-state index contributed by atoms with van der Waals surface area (Å²) in [6, 6.07) is 3.94. The molecule has 0 aliphatic carbocycles. The molecule has 2 heterocycles. The molecule has 2 aliphatic heterocycles. The van der Waals surface area contributed by atoms with E-state index in [2.05, 4.69) is 5.32 Å². The van der Waals surface area contributed by atoms with Gasteiger partial charge in [-0.1, -0.05) is 23.2 Å². The van der Waals surface area contributed by atoms with E-state index >= 15 is 0 Å². The molecule has 3 amide bonds. The smallest absolute Gasteiger partial charge is 0.353 e. The molecule has 0 aromatic heterocycles. The minimum Gasteiger partial charge on any atom is -0.477 e. The first kappa shape index (κ1) is 23.3. The molecule has 1 unspecified atom stereocenters. The first-order chi connectivity index (χ1) is 14.6. The Balaban J connectivity index is 1.66. The second kappa shape index (κ2) is 9.39. The highest BCUT2D eigenvalue weighted by molar-refractivity contribution is 8.00. The molecule has 0 radical (unpaired) electrons. The summed E-state index contributed by atoms with van der Waals surface area (Å²) in [7, 11) is 0. The molecule has 14 heteroatoms. The Morgan fingerprint density at radius 3 is 2.68 bits per heavy atom. The van der Waals surface area contributed by atoms with Crippen LogP contribution >= 0.6 is 46.7 Å². The van der Waals surface area contributed by atoms with Gasteiger partial charge in [0.25, 0.3) is 11.8 Å². The molecule has 2 atom stereocenters. The fraction of sp³-hybridized carbons (Fsp3) is 0.235. The van der Waals surface area contributed by atoms with Gasteiger partial charge in [0.05, 0.1) is 16.3 Å². The van der Waals surface area contributed by atoms with E-state index in [4.69, 9.17) is 34.3 Å². The Morgan fingerprint density at radius 2 is 2.06 bits per heavy atom. The van der Waals surface area contributed by atoms with Crippen LogP contribution < -0.4 is 16.4 Å². The van der Waals surface area contributed by atoms with Crippen LogP contribution in [0.5, 0.6) is 0 Å². The highest BCUT2D eigenvalue weighted by atomic mass is 35.5. The zero-order chi connectivity index (χ0) is 22.9. The van der Waals surface area contributed by atoms with Crippen LogP contribution in [0.3, 0.4) is 0 Å². The second-order valence-electron chi connectivity index (χ2n) is 6.32. The van der Waals surface area contributed by atoms with Gasteiger partial charge in [0, 0.05) is 15.7 Å². The third-order valence-corrected chi connectivity index (χ3v) is 7.28. The van der Waals surface area contributed by atoms with Gasteiger partial charge >= 0.3 is 5.97 Å². The van der Waals surface area contributed by atoms with Crippen molar-refractivity contribution >= 4 is 76.4 Å². The molecule has 1 fully saturated rings. The van der Waals surface area contributed by atoms with E-state index in [0.29, 0.717) is 14.9 Å². The number of carbonyl (C=O) groups excluding carboxylic acids is 3. The largest absolute Gasteiger partial charge is 0.477 e. The quantitative estimate of drug-likeness (QED) is 0.165. The van der Waals surface area contributed by atoms with E-state index in [1.807, 2.05) is 5.32 Å². The van der Waals surface area contributed by atoms with Crippen molar-refractivity contribution in [1.29, 1.82) is 5.41 Å². The summed E-state index contributed by atoms with van der Waals surface area (Å²) in [5.41, 5.74) is 4.45. The highest BCUT2D eigenvalue weighted by Gasteiger charge is 2.54. The number of hydrogen-bond acceptors (Lipinski definition) is 7. The monoisotopic (exact) mass is 503 g/mol. The maximum absolute atomic E-state index is 12.6. The Bertz CT molecular complexity index is 1030. The lowest BCUT2D eigenvalue weighted by molar-refractivity contribution is -0.150. The number of benzene rings is 1. The van der Waals surface area contributed by atoms with Gasteiger partial charge in [-0.3, -0.25) is 30.0 Å². The molecule has 0 spiro atoms. The molecule has 164 valence electrons. The van der Waals surface area contributed by atoms with Crippen molar-refractivity contribution in [3.63, 3.8) is 0 Å². The summed E-state index contributed by atoms with van der Waals surface area (Å²) in [5, 5.41) is 21.4. The number of aliphatic carboxylic acids is 1. The van der Waals surface area contributed by atoms with Crippen LogP contribution in [0.25, 0.3) is 0 Å². The topological polar surface area (TPSA) is 166 Å². The van der Waals surface area contributed by atoms with Gasteiger partial charge in [-0.2, -0.15) is 0 Å². The molecule has 3 rings (SSSR count). The number of β-lactam (4-membered cyclic amide) rings is 1. The molecular formula is C17H15Cl2N5O5S2. The minimum atomic E-state index is -1.47. The number of nitrogens with zero attached hydrogens (tertiary/aromatic N) is 1. The van der Waals surface area contributed by atoms with Crippen LogP contribution in [0.2, 0.25) is 10.0 Å². The molecule has 1 aromatic rings. The summed E-state index contributed by atoms with van der Waals surface area (Å²) >= 11 is 14.2. The van der Waals surface area contributed by atoms with Crippen LogP contribution in [-0.2, 0) is 19.2 Å².